The second kappa shape index (κ2) is 15.0. The smallest absolute Gasteiger partial charge is 0.225 e. The predicted octanol–water partition coefficient (Wildman–Crippen LogP) is -0.151. The molecular weight excluding hydrogens is 390 g/mol. The summed E-state index contributed by atoms with van der Waals surface area (Å²) in [7, 11) is 0. The Morgan fingerprint density at radius 2 is 1.37 bits per heavy atom. The quantitative estimate of drug-likeness (QED) is 0.383. The first-order valence-electron chi connectivity index (χ1n) is 10.5. The maximum absolute atomic E-state index is 12.3. The van der Waals surface area contributed by atoms with E-state index in [1.54, 1.807) is 0 Å². The van der Waals surface area contributed by atoms with E-state index in [9.17, 15) is 4.79 Å². The van der Waals surface area contributed by atoms with Gasteiger partial charge in [0.25, 0.3) is 0 Å². The lowest BCUT2D eigenvalue weighted by molar-refractivity contribution is -0.132. The number of rotatable bonds is 15. The fourth-order valence-corrected chi connectivity index (χ4v) is 2.87. The molecule has 10 heteroatoms. The van der Waals surface area contributed by atoms with Gasteiger partial charge < -0.3 is 34.5 Å². The van der Waals surface area contributed by atoms with Gasteiger partial charge in [0.05, 0.1) is 59.3 Å². The molecule has 10 nitrogen and oxygen atoms in total. The molecule has 2 N–H and O–H groups in total. The lowest BCUT2D eigenvalue weighted by Gasteiger charge is -2.34. The number of aromatic nitrogens is 2. The number of carbonyl (C=O) groups is 1. The highest BCUT2D eigenvalue weighted by atomic mass is 16.6. The summed E-state index contributed by atoms with van der Waals surface area (Å²) in [4.78, 5) is 25.0. The minimum absolute atomic E-state index is 0.116. The van der Waals surface area contributed by atoms with Crippen molar-refractivity contribution in [2.24, 2.45) is 5.73 Å². The van der Waals surface area contributed by atoms with Crippen LogP contribution in [0.4, 0.5) is 5.95 Å². The minimum Gasteiger partial charge on any atom is -0.379 e. The molecule has 30 heavy (non-hydrogen) atoms. The van der Waals surface area contributed by atoms with Gasteiger partial charge in [-0.2, -0.15) is 0 Å². The van der Waals surface area contributed by atoms with Crippen LogP contribution in [0.25, 0.3) is 0 Å². The number of anilines is 1. The van der Waals surface area contributed by atoms with Gasteiger partial charge in [0.1, 0.15) is 0 Å². The Morgan fingerprint density at radius 1 is 0.867 bits per heavy atom. The van der Waals surface area contributed by atoms with Crippen LogP contribution in [0, 0.1) is 6.92 Å². The van der Waals surface area contributed by atoms with Gasteiger partial charge in [0.2, 0.25) is 11.9 Å². The molecule has 0 aliphatic carbocycles. The van der Waals surface area contributed by atoms with Crippen LogP contribution in [0.3, 0.4) is 0 Å². The van der Waals surface area contributed by atoms with Crippen LogP contribution in [-0.4, -0.2) is 106 Å². The van der Waals surface area contributed by atoms with E-state index in [1.807, 2.05) is 24.2 Å². The zero-order chi connectivity index (χ0) is 21.4. The van der Waals surface area contributed by atoms with E-state index >= 15 is 0 Å². The summed E-state index contributed by atoms with van der Waals surface area (Å²) in [6.45, 7) is 9.33. The Bertz CT molecular complexity index is 581. The molecule has 170 valence electrons. The summed E-state index contributed by atoms with van der Waals surface area (Å²) >= 11 is 0. The number of hydrogen-bond acceptors (Lipinski definition) is 9. The number of ether oxygens (including phenoxy) is 4. The van der Waals surface area contributed by atoms with Crippen LogP contribution >= 0.6 is 0 Å². The lowest BCUT2D eigenvalue weighted by Crippen LogP contribution is -2.49. The van der Waals surface area contributed by atoms with Gasteiger partial charge >= 0.3 is 0 Å². The fraction of sp³-hybridized carbons (Fsp3) is 0.750. The zero-order valence-electron chi connectivity index (χ0n) is 18.0. The van der Waals surface area contributed by atoms with Gasteiger partial charge in [0, 0.05) is 45.1 Å². The number of carbonyl (C=O) groups excluding carboxylic acids is 1. The minimum atomic E-state index is 0.116. The number of aryl methyl sites for hydroxylation is 1. The number of piperazine rings is 1. The van der Waals surface area contributed by atoms with E-state index in [4.69, 9.17) is 24.7 Å². The van der Waals surface area contributed by atoms with Gasteiger partial charge in [-0.05, 0) is 12.5 Å². The molecule has 0 unspecified atom stereocenters. The van der Waals surface area contributed by atoms with Crippen LogP contribution < -0.4 is 10.6 Å². The molecule has 2 rings (SSSR count). The Labute approximate surface area is 178 Å². The van der Waals surface area contributed by atoms with E-state index in [-0.39, 0.29) is 5.91 Å². The topological polar surface area (TPSA) is 112 Å². The molecule has 0 radical (unpaired) electrons. The van der Waals surface area contributed by atoms with Crippen LogP contribution in [0.5, 0.6) is 0 Å². The van der Waals surface area contributed by atoms with Gasteiger partial charge in [-0.15, -0.1) is 0 Å². The van der Waals surface area contributed by atoms with E-state index < -0.39 is 0 Å². The fourth-order valence-electron chi connectivity index (χ4n) is 2.87. The summed E-state index contributed by atoms with van der Waals surface area (Å²) in [5, 5.41) is 0. The first-order valence-corrected chi connectivity index (χ1v) is 10.5. The van der Waals surface area contributed by atoms with Crippen molar-refractivity contribution in [1.29, 1.82) is 0 Å². The van der Waals surface area contributed by atoms with Gasteiger partial charge in [0.15, 0.2) is 0 Å². The number of amides is 1. The summed E-state index contributed by atoms with van der Waals surface area (Å²) in [5.41, 5.74) is 6.36. The van der Waals surface area contributed by atoms with Crippen molar-refractivity contribution in [3.05, 3.63) is 18.0 Å². The van der Waals surface area contributed by atoms with Crippen molar-refractivity contribution in [1.82, 2.24) is 14.9 Å². The molecule has 1 aromatic heterocycles. The second-order valence-corrected chi connectivity index (χ2v) is 6.92. The van der Waals surface area contributed by atoms with Gasteiger partial charge in [-0.1, -0.05) is 0 Å². The van der Waals surface area contributed by atoms with E-state index in [0.29, 0.717) is 78.9 Å². The summed E-state index contributed by atoms with van der Waals surface area (Å²) in [6.07, 6.45) is 4.01. The highest BCUT2D eigenvalue weighted by Crippen LogP contribution is 2.11. The molecule has 0 saturated carbocycles. The third-order valence-corrected chi connectivity index (χ3v) is 4.52. The van der Waals surface area contributed by atoms with Crippen LogP contribution in [0.1, 0.15) is 12.0 Å². The SMILES string of the molecule is Cc1cnc(N2CCN(C(=O)CCOCCOCCOCCOCCN)CC2)nc1. The molecule has 1 aliphatic rings. The first kappa shape index (κ1) is 24.4. The predicted molar refractivity (Wildman–Crippen MR) is 113 cm³/mol. The largest absolute Gasteiger partial charge is 0.379 e. The average Bonchev–Trinajstić information content (AvgIpc) is 2.77. The zero-order valence-corrected chi connectivity index (χ0v) is 18.0. The third kappa shape index (κ3) is 9.77. The molecule has 2 heterocycles. The molecular formula is C20H35N5O5. The summed E-state index contributed by atoms with van der Waals surface area (Å²) in [5.74, 6) is 0.840. The summed E-state index contributed by atoms with van der Waals surface area (Å²) in [6, 6.07) is 0. The molecule has 1 fully saturated rings. The summed E-state index contributed by atoms with van der Waals surface area (Å²) < 4.78 is 21.5. The van der Waals surface area contributed by atoms with Crippen LogP contribution in [0.2, 0.25) is 0 Å². The normalized spacial score (nSPS) is 14.3. The molecule has 1 amide bonds. The maximum Gasteiger partial charge on any atom is 0.225 e. The lowest BCUT2D eigenvalue weighted by atomic mass is 10.3. The van der Waals surface area contributed by atoms with Crippen molar-refractivity contribution in [3.8, 4) is 0 Å². The van der Waals surface area contributed by atoms with Crippen molar-refractivity contribution in [2.45, 2.75) is 13.3 Å². The van der Waals surface area contributed by atoms with Gasteiger partial charge in [-0.25, -0.2) is 9.97 Å². The number of nitrogens with two attached hydrogens (primary N) is 1. The molecule has 1 saturated heterocycles. The van der Waals surface area contributed by atoms with E-state index in [1.165, 1.54) is 0 Å². The van der Waals surface area contributed by atoms with Crippen LogP contribution in [0.15, 0.2) is 12.4 Å². The Kier molecular flexibility index (Phi) is 12.2. The van der Waals surface area contributed by atoms with Crippen molar-refractivity contribution < 1.29 is 23.7 Å². The van der Waals surface area contributed by atoms with Crippen LogP contribution in [-0.2, 0) is 23.7 Å². The van der Waals surface area contributed by atoms with E-state index in [0.717, 1.165) is 24.6 Å². The van der Waals surface area contributed by atoms with Gasteiger partial charge in [-0.3, -0.25) is 4.79 Å². The maximum atomic E-state index is 12.3. The molecule has 0 spiro atoms. The van der Waals surface area contributed by atoms with Crippen molar-refractivity contribution in [2.75, 3.05) is 90.5 Å². The molecule has 0 bridgehead atoms. The average molecular weight is 426 g/mol. The Morgan fingerprint density at radius 3 is 1.90 bits per heavy atom. The first-order chi connectivity index (χ1) is 14.7. The Hall–Kier alpha value is -1.85. The highest BCUT2D eigenvalue weighted by Gasteiger charge is 2.22. The highest BCUT2D eigenvalue weighted by molar-refractivity contribution is 5.76. The standard InChI is InChI=1S/C20H35N5O5/c1-18-16-22-20(23-17-18)25-6-4-24(5-7-25)19(26)2-8-27-10-12-29-14-15-30-13-11-28-9-3-21/h16-17H,2-15,21H2,1H3. The molecule has 1 aliphatic heterocycles. The molecule has 0 aromatic carbocycles. The van der Waals surface area contributed by atoms with E-state index in [2.05, 4.69) is 14.9 Å². The molecule has 1 aromatic rings. The molecule has 0 atom stereocenters. The second-order valence-electron chi connectivity index (χ2n) is 6.92. The number of hydrogen-bond donors (Lipinski definition) is 1. The van der Waals surface area contributed by atoms with Crippen molar-refractivity contribution in [3.63, 3.8) is 0 Å². The number of nitrogens with zero attached hydrogens (tertiary/aromatic N) is 4. The third-order valence-electron chi connectivity index (χ3n) is 4.52. The Balaban J connectivity index is 1.42. The monoisotopic (exact) mass is 425 g/mol. The van der Waals surface area contributed by atoms with Crippen molar-refractivity contribution >= 4 is 11.9 Å².